The van der Waals surface area contributed by atoms with Gasteiger partial charge in [-0.1, -0.05) is 13.3 Å². The molecule has 0 aliphatic carbocycles. The van der Waals surface area contributed by atoms with Gasteiger partial charge >= 0.3 is 0 Å². The molecule has 1 unspecified atom stereocenters. The number of ether oxygens (including phenoxy) is 1. The zero-order valence-electron chi connectivity index (χ0n) is 11.0. The lowest BCUT2D eigenvalue weighted by Gasteiger charge is -2.33. The first-order chi connectivity index (χ1) is 8.26. The fourth-order valence-corrected chi connectivity index (χ4v) is 2.33. The van der Waals surface area contributed by atoms with Crippen LogP contribution in [-0.4, -0.2) is 43.8 Å². The molecule has 1 aliphatic heterocycles. The van der Waals surface area contributed by atoms with Crippen molar-refractivity contribution in [3.8, 4) is 12.3 Å². The summed E-state index contributed by atoms with van der Waals surface area (Å²) in [5, 5.41) is 0. The highest BCUT2D eigenvalue weighted by Crippen LogP contribution is 2.19. The highest BCUT2D eigenvalue weighted by Gasteiger charge is 2.19. The number of hydrogen-bond donors (Lipinski definition) is 1. The molecule has 0 spiro atoms. The zero-order valence-corrected chi connectivity index (χ0v) is 11.0. The Morgan fingerprint density at radius 1 is 1.47 bits per heavy atom. The summed E-state index contributed by atoms with van der Waals surface area (Å²) in [7, 11) is 0. The van der Waals surface area contributed by atoms with Gasteiger partial charge in [-0.3, -0.25) is 0 Å². The van der Waals surface area contributed by atoms with Gasteiger partial charge in [0.15, 0.2) is 0 Å². The Morgan fingerprint density at radius 3 is 2.76 bits per heavy atom. The molecule has 0 aromatic rings. The molecular formula is C14H26N2O. The minimum Gasteiger partial charge on any atom is -0.379 e. The Balaban J connectivity index is 2.06. The van der Waals surface area contributed by atoms with Gasteiger partial charge < -0.3 is 15.4 Å². The van der Waals surface area contributed by atoms with E-state index in [2.05, 4.69) is 17.7 Å². The molecule has 3 heteroatoms. The van der Waals surface area contributed by atoms with Crippen LogP contribution in [0.3, 0.4) is 0 Å². The van der Waals surface area contributed by atoms with Crippen LogP contribution in [0.5, 0.6) is 0 Å². The van der Waals surface area contributed by atoms with Crippen molar-refractivity contribution >= 4 is 0 Å². The molecule has 1 atom stereocenters. The third kappa shape index (κ3) is 6.07. The van der Waals surface area contributed by atoms with Gasteiger partial charge in [0.1, 0.15) is 0 Å². The number of terminal acetylenes is 1. The van der Waals surface area contributed by atoms with E-state index in [0.717, 1.165) is 12.5 Å². The maximum atomic E-state index is 6.04. The number of rotatable bonds is 7. The molecule has 1 saturated heterocycles. The van der Waals surface area contributed by atoms with E-state index in [1.165, 1.54) is 32.4 Å². The van der Waals surface area contributed by atoms with Crippen LogP contribution in [0.1, 0.15) is 32.6 Å². The molecule has 0 aromatic heterocycles. The summed E-state index contributed by atoms with van der Waals surface area (Å²) in [5.41, 5.74) is 6.04. The fourth-order valence-electron chi connectivity index (χ4n) is 2.33. The van der Waals surface area contributed by atoms with Crippen LogP contribution < -0.4 is 5.73 Å². The van der Waals surface area contributed by atoms with E-state index in [9.17, 15) is 0 Å². The predicted octanol–water partition coefficient (Wildman–Crippen LogP) is 1.48. The summed E-state index contributed by atoms with van der Waals surface area (Å²) < 4.78 is 5.43. The molecule has 0 amide bonds. The molecule has 0 aromatic carbocycles. The van der Waals surface area contributed by atoms with Gasteiger partial charge in [0.25, 0.3) is 0 Å². The highest BCUT2D eigenvalue weighted by atomic mass is 16.5. The lowest BCUT2D eigenvalue weighted by Crippen LogP contribution is -2.43. The van der Waals surface area contributed by atoms with Gasteiger partial charge in [-0.2, -0.15) is 0 Å². The molecule has 1 aliphatic rings. The smallest absolute Gasteiger partial charge is 0.0630 e. The van der Waals surface area contributed by atoms with Gasteiger partial charge in [-0.05, 0) is 31.8 Å². The van der Waals surface area contributed by atoms with E-state index in [-0.39, 0.29) is 6.04 Å². The van der Waals surface area contributed by atoms with Crippen LogP contribution in [0.15, 0.2) is 0 Å². The molecule has 1 heterocycles. The number of hydrogen-bond acceptors (Lipinski definition) is 3. The molecular weight excluding hydrogens is 212 g/mol. The number of piperidine rings is 1. The van der Waals surface area contributed by atoms with Crippen LogP contribution in [0.25, 0.3) is 0 Å². The average molecular weight is 238 g/mol. The Hall–Kier alpha value is -0.560. The first kappa shape index (κ1) is 14.5. The van der Waals surface area contributed by atoms with E-state index in [4.69, 9.17) is 16.9 Å². The van der Waals surface area contributed by atoms with Crippen molar-refractivity contribution in [1.29, 1.82) is 0 Å². The summed E-state index contributed by atoms with van der Waals surface area (Å²) >= 11 is 0. The zero-order chi connectivity index (χ0) is 12.5. The number of nitrogens with zero attached hydrogens (tertiary/aromatic N) is 1. The molecule has 17 heavy (non-hydrogen) atoms. The maximum absolute atomic E-state index is 6.04. The quantitative estimate of drug-likeness (QED) is 0.539. The second kappa shape index (κ2) is 8.52. The maximum Gasteiger partial charge on any atom is 0.0630 e. The third-order valence-electron chi connectivity index (χ3n) is 3.50. The van der Waals surface area contributed by atoms with Gasteiger partial charge in [0.2, 0.25) is 0 Å². The first-order valence-corrected chi connectivity index (χ1v) is 6.75. The van der Waals surface area contributed by atoms with E-state index >= 15 is 0 Å². The lowest BCUT2D eigenvalue weighted by molar-refractivity contribution is 0.101. The highest BCUT2D eigenvalue weighted by molar-refractivity contribution is 4.83. The van der Waals surface area contributed by atoms with E-state index in [1.807, 2.05) is 0 Å². The summed E-state index contributed by atoms with van der Waals surface area (Å²) in [5.74, 6) is 3.48. The van der Waals surface area contributed by atoms with Crippen molar-refractivity contribution in [2.75, 3.05) is 32.8 Å². The minimum atomic E-state index is 0.117. The van der Waals surface area contributed by atoms with Crippen molar-refractivity contribution in [1.82, 2.24) is 4.90 Å². The van der Waals surface area contributed by atoms with Crippen LogP contribution >= 0.6 is 0 Å². The van der Waals surface area contributed by atoms with Gasteiger partial charge in [0, 0.05) is 19.0 Å². The average Bonchev–Trinajstić information content (AvgIpc) is 2.36. The van der Waals surface area contributed by atoms with E-state index in [0.29, 0.717) is 19.6 Å². The topological polar surface area (TPSA) is 38.5 Å². The first-order valence-electron chi connectivity index (χ1n) is 6.75. The summed E-state index contributed by atoms with van der Waals surface area (Å²) in [6, 6.07) is 0.117. The summed E-state index contributed by atoms with van der Waals surface area (Å²) in [6.07, 6.45) is 9.78. The molecule has 1 fully saturated rings. The molecule has 0 saturated carbocycles. The molecule has 0 bridgehead atoms. The second-order valence-electron chi connectivity index (χ2n) is 4.94. The van der Waals surface area contributed by atoms with Gasteiger partial charge in [-0.15, -0.1) is 12.3 Å². The predicted molar refractivity (Wildman–Crippen MR) is 71.7 cm³/mol. The molecule has 2 N–H and O–H groups in total. The van der Waals surface area contributed by atoms with E-state index in [1.54, 1.807) is 0 Å². The standard InChI is InChI=1S/C14H26N2O/c1-3-5-10-17-12-14(15)11-16-8-6-13(4-2)7-9-16/h1,13-14H,4-12,15H2,2H3. The van der Waals surface area contributed by atoms with Crippen molar-refractivity contribution in [2.45, 2.75) is 38.6 Å². The minimum absolute atomic E-state index is 0.117. The van der Waals surface area contributed by atoms with Crippen molar-refractivity contribution in [2.24, 2.45) is 11.7 Å². The largest absolute Gasteiger partial charge is 0.379 e. The Morgan fingerprint density at radius 2 is 2.18 bits per heavy atom. The van der Waals surface area contributed by atoms with Crippen LogP contribution in [0.2, 0.25) is 0 Å². The van der Waals surface area contributed by atoms with Crippen molar-refractivity contribution in [3.05, 3.63) is 0 Å². The van der Waals surface area contributed by atoms with Crippen LogP contribution in [0, 0.1) is 18.3 Å². The Kier molecular flexibility index (Phi) is 7.27. The van der Waals surface area contributed by atoms with Crippen LogP contribution in [0.4, 0.5) is 0 Å². The fraction of sp³-hybridized carbons (Fsp3) is 0.857. The molecule has 3 nitrogen and oxygen atoms in total. The van der Waals surface area contributed by atoms with Gasteiger partial charge in [0.05, 0.1) is 13.2 Å². The Labute approximate surface area is 106 Å². The van der Waals surface area contributed by atoms with Crippen molar-refractivity contribution < 1.29 is 4.74 Å². The Bertz CT molecular complexity index is 229. The molecule has 1 rings (SSSR count). The monoisotopic (exact) mass is 238 g/mol. The van der Waals surface area contributed by atoms with Gasteiger partial charge in [-0.25, -0.2) is 0 Å². The van der Waals surface area contributed by atoms with Crippen molar-refractivity contribution in [3.63, 3.8) is 0 Å². The second-order valence-corrected chi connectivity index (χ2v) is 4.94. The normalized spacial score (nSPS) is 20.1. The molecule has 0 radical (unpaired) electrons. The van der Waals surface area contributed by atoms with E-state index < -0.39 is 0 Å². The lowest BCUT2D eigenvalue weighted by atomic mass is 9.94. The summed E-state index contributed by atoms with van der Waals surface area (Å²) in [6.45, 7) is 6.86. The number of nitrogens with two attached hydrogens (primary N) is 1. The third-order valence-corrected chi connectivity index (χ3v) is 3.50. The molecule has 98 valence electrons. The summed E-state index contributed by atoms with van der Waals surface area (Å²) in [4.78, 5) is 2.46. The van der Waals surface area contributed by atoms with Crippen LogP contribution in [-0.2, 0) is 4.74 Å². The number of likely N-dealkylation sites (tertiary alicyclic amines) is 1. The SMILES string of the molecule is C#CCCOCC(N)CN1CCC(CC)CC1.